The number of nitrogens with one attached hydrogen (secondary N) is 1. The van der Waals surface area contributed by atoms with Crippen LogP contribution < -0.4 is 5.32 Å². The summed E-state index contributed by atoms with van der Waals surface area (Å²) in [6, 6.07) is 2.27. The Labute approximate surface area is 141 Å². The molecule has 0 aromatic carbocycles. The number of anilines is 1. The molecule has 1 aromatic rings. The van der Waals surface area contributed by atoms with E-state index in [1.54, 1.807) is 16.2 Å². The van der Waals surface area contributed by atoms with Crippen LogP contribution in [0.3, 0.4) is 0 Å². The Bertz CT molecular complexity index is 590. The van der Waals surface area contributed by atoms with E-state index >= 15 is 0 Å². The standard InChI is InChI=1S/C16H24N4O2S/c1-4-19(5-2)8-9-22-16(21)20-7-6-12-13(10-17)15(18-3)23-14(12)11-20/h18H,4-9,11H2,1-3H3. The van der Waals surface area contributed by atoms with Crippen molar-refractivity contribution in [2.24, 2.45) is 0 Å². The minimum Gasteiger partial charge on any atom is -0.448 e. The number of amides is 1. The van der Waals surface area contributed by atoms with Crippen LogP contribution in [-0.2, 0) is 17.7 Å². The lowest BCUT2D eigenvalue weighted by molar-refractivity contribution is 0.0882. The number of ether oxygens (including phenoxy) is 1. The van der Waals surface area contributed by atoms with E-state index in [-0.39, 0.29) is 6.09 Å². The molecule has 1 aromatic heterocycles. The normalized spacial score (nSPS) is 13.6. The highest BCUT2D eigenvalue weighted by molar-refractivity contribution is 7.16. The van der Waals surface area contributed by atoms with Gasteiger partial charge in [0, 0.05) is 25.0 Å². The summed E-state index contributed by atoms with van der Waals surface area (Å²) in [5.41, 5.74) is 1.80. The Morgan fingerprint density at radius 3 is 2.83 bits per heavy atom. The van der Waals surface area contributed by atoms with Gasteiger partial charge >= 0.3 is 6.09 Å². The first kappa shape index (κ1) is 17.6. The fraction of sp³-hybridized carbons (Fsp3) is 0.625. The van der Waals surface area contributed by atoms with Crippen LogP contribution in [0, 0.1) is 11.3 Å². The van der Waals surface area contributed by atoms with Crippen molar-refractivity contribution in [2.75, 3.05) is 45.2 Å². The number of nitrogens with zero attached hydrogens (tertiary/aromatic N) is 3. The molecule has 0 saturated heterocycles. The second kappa shape index (κ2) is 8.18. The first-order valence-corrected chi connectivity index (χ1v) is 8.82. The molecule has 1 aliphatic heterocycles. The summed E-state index contributed by atoms with van der Waals surface area (Å²) in [5, 5.41) is 13.2. The summed E-state index contributed by atoms with van der Waals surface area (Å²) >= 11 is 1.55. The number of carbonyl (C=O) groups excluding carboxylic acids is 1. The Hall–Kier alpha value is -1.78. The van der Waals surface area contributed by atoms with Gasteiger partial charge in [0.15, 0.2) is 0 Å². The van der Waals surface area contributed by atoms with E-state index in [9.17, 15) is 10.1 Å². The molecule has 0 aliphatic carbocycles. The van der Waals surface area contributed by atoms with E-state index in [1.807, 2.05) is 7.05 Å². The summed E-state index contributed by atoms with van der Waals surface area (Å²) in [7, 11) is 1.82. The van der Waals surface area contributed by atoms with Gasteiger partial charge in [-0.25, -0.2) is 4.79 Å². The van der Waals surface area contributed by atoms with Crippen LogP contribution in [0.2, 0.25) is 0 Å². The van der Waals surface area contributed by atoms with Gasteiger partial charge in [-0.15, -0.1) is 11.3 Å². The monoisotopic (exact) mass is 336 g/mol. The summed E-state index contributed by atoms with van der Waals surface area (Å²) in [5.74, 6) is 0. The summed E-state index contributed by atoms with van der Waals surface area (Å²) in [6.07, 6.45) is 0.447. The number of fused-ring (bicyclic) bond motifs is 1. The molecule has 0 unspecified atom stereocenters. The molecule has 126 valence electrons. The van der Waals surface area contributed by atoms with Gasteiger partial charge in [0.2, 0.25) is 0 Å². The third kappa shape index (κ3) is 3.95. The second-order valence-corrected chi connectivity index (χ2v) is 6.49. The predicted octanol–water partition coefficient (Wildman–Crippen LogP) is 2.50. The maximum atomic E-state index is 12.2. The van der Waals surface area contributed by atoms with E-state index in [4.69, 9.17) is 4.74 Å². The zero-order valence-electron chi connectivity index (χ0n) is 14.0. The molecule has 0 saturated carbocycles. The molecule has 0 atom stereocenters. The lowest BCUT2D eigenvalue weighted by Crippen LogP contribution is -2.37. The van der Waals surface area contributed by atoms with Crippen molar-refractivity contribution in [1.29, 1.82) is 5.26 Å². The maximum Gasteiger partial charge on any atom is 0.410 e. The van der Waals surface area contributed by atoms with E-state index in [2.05, 4.69) is 30.1 Å². The van der Waals surface area contributed by atoms with Gasteiger partial charge in [-0.1, -0.05) is 13.8 Å². The molecular formula is C16H24N4O2S. The highest BCUT2D eigenvalue weighted by Crippen LogP contribution is 2.36. The molecular weight excluding hydrogens is 312 g/mol. The molecule has 0 spiro atoms. The van der Waals surface area contributed by atoms with Gasteiger partial charge in [0.05, 0.1) is 12.1 Å². The van der Waals surface area contributed by atoms with Crippen molar-refractivity contribution in [3.8, 4) is 6.07 Å². The van der Waals surface area contributed by atoms with Gasteiger partial charge in [0.1, 0.15) is 17.7 Å². The highest BCUT2D eigenvalue weighted by atomic mass is 32.1. The second-order valence-electron chi connectivity index (χ2n) is 5.38. The smallest absolute Gasteiger partial charge is 0.410 e. The summed E-state index contributed by atoms with van der Waals surface area (Å²) in [6.45, 7) is 8.42. The number of likely N-dealkylation sites (N-methyl/N-ethyl adjacent to an activating group) is 1. The van der Waals surface area contributed by atoms with Crippen molar-refractivity contribution >= 4 is 22.4 Å². The van der Waals surface area contributed by atoms with Gasteiger partial charge in [-0.3, -0.25) is 0 Å². The lowest BCUT2D eigenvalue weighted by atomic mass is 10.0. The Balaban J connectivity index is 1.93. The fourth-order valence-corrected chi connectivity index (χ4v) is 3.91. The summed E-state index contributed by atoms with van der Waals surface area (Å²) < 4.78 is 5.39. The minimum absolute atomic E-state index is 0.263. The topological polar surface area (TPSA) is 68.6 Å². The molecule has 7 heteroatoms. The largest absolute Gasteiger partial charge is 0.448 e. The minimum atomic E-state index is -0.263. The van der Waals surface area contributed by atoms with Crippen molar-refractivity contribution in [1.82, 2.24) is 9.80 Å². The molecule has 2 heterocycles. The maximum absolute atomic E-state index is 12.2. The number of thiophene rings is 1. The van der Waals surface area contributed by atoms with Gasteiger partial charge in [-0.2, -0.15) is 5.26 Å². The Morgan fingerprint density at radius 1 is 1.48 bits per heavy atom. The van der Waals surface area contributed by atoms with E-state index in [1.165, 1.54) is 0 Å². The van der Waals surface area contributed by atoms with Crippen LogP contribution in [-0.4, -0.2) is 55.7 Å². The molecule has 1 aliphatic rings. The van der Waals surface area contributed by atoms with Crippen LogP contribution in [0.4, 0.5) is 9.80 Å². The third-order valence-electron chi connectivity index (χ3n) is 4.18. The van der Waals surface area contributed by atoms with Crippen LogP contribution in [0.1, 0.15) is 29.9 Å². The molecule has 0 bridgehead atoms. The quantitative estimate of drug-likeness (QED) is 0.864. The number of hydrogen-bond donors (Lipinski definition) is 1. The van der Waals surface area contributed by atoms with E-state index in [0.29, 0.717) is 26.1 Å². The van der Waals surface area contributed by atoms with Crippen molar-refractivity contribution in [3.05, 3.63) is 16.0 Å². The van der Waals surface area contributed by atoms with Gasteiger partial charge < -0.3 is 19.9 Å². The molecule has 1 amide bonds. The fourth-order valence-electron chi connectivity index (χ4n) is 2.75. The molecule has 1 N–H and O–H groups in total. The number of rotatable bonds is 6. The van der Waals surface area contributed by atoms with Crippen LogP contribution in [0.25, 0.3) is 0 Å². The number of nitriles is 1. The summed E-state index contributed by atoms with van der Waals surface area (Å²) in [4.78, 5) is 17.2. The average Bonchev–Trinajstić information content (AvgIpc) is 2.95. The SMILES string of the molecule is CCN(CC)CCOC(=O)N1CCc2c(sc(NC)c2C#N)C1. The number of carbonyl (C=O) groups is 1. The highest BCUT2D eigenvalue weighted by Gasteiger charge is 2.27. The first-order chi connectivity index (χ1) is 11.1. The van der Waals surface area contributed by atoms with Crippen LogP contribution in [0.5, 0.6) is 0 Å². The first-order valence-electron chi connectivity index (χ1n) is 8.00. The molecule has 0 fully saturated rings. The molecule has 0 radical (unpaired) electrons. The van der Waals surface area contributed by atoms with E-state index in [0.717, 1.165) is 40.6 Å². The van der Waals surface area contributed by atoms with Crippen LogP contribution >= 0.6 is 11.3 Å². The Morgan fingerprint density at radius 2 is 2.22 bits per heavy atom. The van der Waals surface area contributed by atoms with Gasteiger partial charge in [0.25, 0.3) is 0 Å². The lowest BCUT2D eigenvalue weighted by Gasteiger charge is -2.26. The predicted molar refractivity (Wildman–Crippen MR) is 91.8 cm³/mol. The van der Waals surface area contributed by atoms with Crippen LogP contribution in [0.15, 0.2) is 0 Å². The third-order valence-corrected chi connectivity index (χ3v) is 5.42. The zero-order chi connectivity index (χ0) is 16.8. The van der Waals surface area contributed by atoms with Gasteiger partial charge in [-0.05, 0) is 25.1 Å². The molecule has 23 heavy (non-hydrogen) atoms. The van der Waals surface area contributed by atoms with Crippen molar-refractivity contribution in [3.63, 3.8) is 0 Å². The number of hydrogen-bond acceptors (Lipinski definition) is 6. The zero-order valence-corrected chi connectivity index (χ0v) is 14.8. The van der Waals surface area contributed by atoms with Crippen molar-refractivity contribution in [2.45, 2.75) is 26.8 Å². The van der Waals surface area contributed by atoms with E-state index < -0.39 is 0 Å². The van der Waals surface area contributed by atoms with Crippen molar-refractivity contribution < 1.29 is 9.53 Å². The molecule has 2 rings (SSSR count). The average molecular weight is 336 g/mol. The Kier molecular flexibility index (Phi) is 6.25. The molecule has 6 nitrogen and oxygen atoms in total.